The van der Waals surface area contributed by atoms with Crippen LogP contribution in [0.5, 0.6) is 0 Å². The van der Waals surface area contributed by atoms with Crippen LogP contribution in [0.15, 0.2) is 48.5 Å². The molecule has 3 N–H and O–H groups in total. The Morgan fingerprint density at radius 3 is 2.17 bits per heavy atom. The fourth-order valence-electron chi connectivity index (χ4n) is 5.43. The number of urea groups is 1. The molecule has 2 aliphatic rings. The van der Waals surface area contributed by atoms with Crippen LogP contribution in [0.2, 0.25) is 0 Å². The molecular formula is C27H34N4O4. The number of carboxylic acid groups (broad SMARTS) is 1. The molecule has 0 radical (unpaired) electrons. The third-order valence-corrected chi connectivity index (χ3v) is 7.19. The number of aryl methyl sites for hydroxylation is 2. The highest BCUT2D eigenvalue weighted by Gasteiger charge is 2.42. The molecule has 4 rings (SSSR count). The van der Waals surface area contributed by atoms with E-state index in [2.05, 4.69) is 15.5 Å². The third-order valence-electron chi connectivity index (χ3n) is 7.19. The van der Waals surface area contributed by atoms with E-state index in [4.69, 9.17) is 5.11 Å². The van der Waals surface area contributed by atoms with Gasteiger partial charge in [0.1, 0.15) is 6.54 Å². The minimum Gasteiger partial charge on any atom is -0.480 e. The summed E-state index contributed by atoms with van der Waals surface area (Å²) < 4.78 is 0. The normalized spacial score (nSPS) is 20.3. The molecule has 2 aromatic carbocycles. The van der Waals surface area contributed by atoms with Crippen LogP contribution < -0.4 is 10.6 Å². The van der Waals surface area contributed by atoms with Gasteiger partial charge in [-0.2, -0.15) is 0 Å². The number of hydrogen-bond donors (Lipinski definition) is 3. The average Bonchev–Trinajstić information content (AvgIpc) is 3.40. The zero-order valence-corrected chi connectivity index (χ0v) is 20.4. The molecule has 0 spiro atoms. The topological polar surface area (TPSA) is 102 Å². The Hall–Kier alpha value is -3.39. The molecule has 2 aromatic rings. The highest BCUT2D eigenvalue weighted by molar-refractivity contribution is 5.97. The van der Waals surface area contributed by atoms with E-state index >= 15 is 0 Å². The largest absolute Gasteiger partial charge is 0.480 e. The Kier molecular flexibility index (Phi) is 7.70. The van der Waals surface area contributed by atoms with Gasteiger partial charge in [-0.3, -0.25) is 9.59 Å². The number of benzene rings is 2. The second kappa shape index (κ2) is 10.9. The van der Waals surface area contributed by atoms with Crippen LogP contribution in [0.4, 0.5) is 4.79 Å². The second-order valence-corrected chi connectivity index (χ2v) is 9.73. The molecule has 0 aromatic heterocycles. The number of likely N-dealkylation sites (tertiary alicyclic amines) is 2. The number of rotatable bonds is 8. The summed E-state index contributed by atoms with van der Waals surface area (Å²) in [5, 5.41) is 14.1. The Morgan fingerprint density at radius 2 is 1.57 bits per heavy atom. The van der Waals surface area contributed by atoms with E-state index in [9.17, 15) is 14.4 Å². The molecular weight excluding hydrogens is 444 g/mol. The summed E-state index contributed by atoms with van der Waals surface area (Å²) >= 11 is 0. The molecule has 8 heteroatoms. The van der Waals surface area contributed by atoms with Crippen LogP contribution in [0, 0.1) is 25.7 Å². The third kappa shape index (κ3) is 6.00. The van der Waals surface area contributed by atoms with Crippen molar-refractivity contribution in [1.82, 2.24) is 20.4 Å². The summed E-state index contributed by atoms with van der Waals surface area (Å²) in [5.41, 5.74) is 3.88. The number of nitrogens with zero attached hydrogens (tertiary/aromatic N) is 2. The lowest BCUT2D eigenvalue weighted by atomic mass is 10.0. The molecule has 0 saturated carbocycles. The molecule has 2 heterocycles. The van der Waals surface area contributed by atoms with Crippen LogP contribution in [-0.2, 0) is 4.79 Å². The maximum Gasteiger partial charge on any atom is 0.323 e. The lowest BCUT2D eigenvalue weighted by Gasteiger charge is -2.25. The first-order valence-corrected chi connectivity index (χ1v) is 12.2. The number of amides is 3. The zero-order chi connectivity index (χ0) is 24.9. The maximum atomic E-state index is 13.2. The summed E-state index contributed by atoms with van der Waals surface area (Å²) in [6, 6.07) is 15.0. The number of hydrogen-bond acceptors (Lipinski definition) is 4. The van der Waals surface area contributed by atoms with Crippen LogP contribution in [0.3, 0.4) is 0 Å². The van der Waals surface area contributed by atoms with Crippen molar-refractivity contribution < 1.29 is 19.5 Å². The van der Waals surface area contributed by atoms with Gasteiger partial charge in [-0.05, 0) is 48.8 Å². The fraction of sp³-hybridized carbons (Fsp3) is 0.444. The van der Waals surface area contributed by atoms with Gasteiger partial charge in [0.15, 0.2) is 0 Å². The van der Waals surface area contributed by atoms with Gasteiger partial charge in [-0.1, -0.05) is 48.5 Å². The van der Waals surface area contributed by atoms with E-state index in [-0.39, 0.29) is 11.9 Å². The minimum atomic E-state index is -1.08. The first-order valence-electron chi connectivity index (χ1n) is 12.2. The van der Waals surface area contributed by atoms with Crippen molar-refractivity contribution in [3.8, 4) is 0 Å². The summed E-state index contributed by atoms with van der Waals surface area (Å²) in [6.45, 7) is 7.84. The van der Waals surface area contributed by atoms with Gasteiger partial charge in [0.25, 0.3) is 5.91 Å². The highest BCUT2D eigenvalue weighted by atomic mass is 16.4. The molecule has 0 aliphatic carbocycles. The van der Waals surface area contributed by atoms with Crippen LogP contribution in [0.25, 0.3) is 0 Å². The van der Waals surface area contributed by atoms with Crippen molar-refractivity contribution in [2.24, 2.45) is 11.8 Å². The Morgan fingerprint density at radius 1 is 0.943 bits per heavy atom. The standard InChI is InChI=1S/C27H34N4O4/c1-18-7-6-8-19(2)25(18)26(34)31-16-21-14-30(15-22(21)17-31)12-11-23(20-9-4-3-5-10-20)29-27(35)28-13-24(32)33/h3-10,21-23H,11-17H2,1-2H3,(H,32,33)(H2,28,29,35). The highest BCUT2D eigenvalue weighted by Crippen LogP contribution is 2.33. The first kappa shape index (κ1) is 24.7. The van der Waals surface area contributed by atoms with E-state index < -0.39 is 18.5 Å². The van der Waals surface area contributed by atoms with Gasteiger partial charge in [0.05, 0.1) is 6.04 Å². The van der Waals surface area contributed by atoms with Gasteiger partial charge >= 0.3 is 12.0 Å². The van der Waals surface area contributed by atoms with Crippen molar-refractivity contribution >= 4 is 17.9 Å². The van der Waals surface area contributed by atoms with Gasteiger partial charge in [-0.25, -0.2) is 4.79 Å². The lowest BCUT2D eigenvalue weighted by molar-refractivity contribution is -0.135. The van der Waals surface area contributed by atoms with E-state index in [1.54, 1.807) is 0 Å². The van der Waals surface area contributed by atoms with Crippen molar-refractivity contribution in [2.45, 2.75) is 26.3 Å². The van der Waals surface area contributed by atoms with Gasteiger partial charge in [0.2, 0.25) is 0 Å². The molecule has 2 fully saturated rings. The predicted octanol–water partition coefficient (Wildman–Crippen LogP) is 2.82. The summed E-state index contributed by atoms with van der Waals surface area (Å²) in [6.07, 6.45) is 0.717. The molecule has 3 unspecified atom stereocenters. The van der Waals surface area contributed by atoms with E-state index in [0.29, 0.717) is 11.8 Å². The molecule has 2 saturated heterocycles. The van der Waals surface area contributed by atoms with E-state index in [0.717, 1.165) is 61.4 Å². The lowest BCUT2D eigenvalue weighted by Crippen LogP contribution is -2.41. The van der Waals surface area contributed by atoms with E-state index in [1.807, 2.05) is 67.3 Å². The fourth-order valence-corrected chi connectivity index (χ4v) is 5.43. The second-order valence-electron chi connectivity index (χ2n) is 9.73. The summed E-state index contributed by atoms with van der Waals surface area (Å²) in [4.78, 5) is 40.6. The minimum absolute atomic E-state index is 0.141. The van der Waals surface area contributed by atoms with Gasteiger partial charge in [-0.15, -0.1) is 0 Å². The quantitative estimate of drug-likeness (QED) is 0.542. The van der Waals surface area contributed by atoms with Crippen LogP contribution >= 0.6 is 0 Å². The van der Waals surface area contributed by atoms with Gasteiger partial charge < -0.3 is 25.5 Å². The molecule has 186 valence electrons. The Labute approximate surface area is 206 Å². The Balaban J connectivity index is 1.32. The number of fused-ring (bicyclic) bond motifs is 1. The summed E-state index contributed by atoms with van der Waals surface area (Å²) in [5.74, 6) is -0.0112. The number of nitrogens with one attached hydrogen (secondary N) is 2. The molecule has 3 amide bonds. The molecule has 3 atom stereocenters. The molecule has 35 heavy (non-hydrogen) atoms. The maximum absolute atomic E-state index is 13.2. The predicted molar refractivity (Wildman–Crippen MR) is 133 cm³/mol. The number of aliphatic carboxylic acids is 1. The molecule has 8 nitrogen and oxygen atoms in total. The van der Waals surface area contributed by atoms with Crippen molar-refractivity contribution in [2.75, 3.05) is 39.3 Å². The SMILES string of the molecule is Cc1cccc(C)c1C(=O)N1CC2CN(CCC(NC(=O)NCC(=O)O)c3ccccc3)CC2C1. The smallest absolute Gasteiger partial charge is 0.323 e. The Bertz CT molecular complexity index is 1040. The van der Waals surface area contributed by atoms with Crippen molar-refractivity contribution in [1.29, 1.82) is 0 Å². The van der Waals surface area contributed by atoms with E-state index in [1.165, 1.54) is 0 Å². The van der Waals surface area contributed by atoms with Gasteiger partial charge in [0, 0.05) is 38.3 Å². The van der Waals surface area contributed by atoms with Crippen molar-refractivity contribution in [3.05, 3.63) is 70.8 Å². The van der Waals surface area contributed by atoms with Crippen LogP contribution in [0.1, 0.15) is 39.5 Å². The molecule has 0 bridgehead atoms. The first-order chi connectivity index (χ1) is 16.8. The molecule has 2 aliphatic heterocycles. The average molecular weight is 479 g/mol. The number of carbonyl (C=O) groups is 3. The zero-order valence-electron chi connectivity index (χ0n) is 20.4. The monoisotopic (exact) mass is 478 g/mol. The van der Waals surface area contributed by atoms with Crippen LogP contribution in [-0.4, -0.2) is 72.1 Å². The summed E-state index contributed by atoms with van der Waals surface area (Å²) in [7, 11) is 0. The number of carbonyl (C=O) groups excluding carboxylic acids is 2. The number of carboxylic acids is 1. The van der Waals surface area contributed by atoms with Crippen molar-refractivity contribution in [3.63, 3.8) is 0 Å².